The maximum atomic E-state index is 12.8. The number of fused-ring (bicyclic) bond motifs is 1. The highest BCUT2D eigenvalue weighted by atomic mass is 16.2. The largest absolute Gasteiger partial charge is 0.324 e. The first kappa shape index (κ1) is 18.7. The molecule has 0 saturated heterocycles. The van der Waals surface area contributed by atoms with Crippen molar-refractivity contribution in [2.75, 3.05) is 10.6 Å². The van der Waals surface area contributed by atoms with Gasteiger partial charge in [0.15, 0.2) is 0 Å². The van der Waals surface area contributed by atoms with Crippen molar-refractivity contribution in [3.05, 3.63) is 84.1 Å². The van der Waals surface area contributed by atoms with Crippen LogP contribution >= 0.6 is 0 Å². The highest BCUT2D eigenvalue weighted by molar-refractivity contribution is 6.06. The second-order valence-corrected chi connectivity index (χ2v) is 7.46. The maximum absolute atomic E-state index is 12.8. The Balaban J connectivity index is 1.63. The molecule has 4 rings (SSSR count). The number of benzene rings is 3. The molecule has 4 aromatic rings. The molecular formula is C24H24N4O. The zero-order valence-corrected chi connectivity index (χ0v) is 16.8. The third-order valence-corrected chi connectivity index (χ3v) is 4.88. The van der Waals surface area contributed by atoms with Crippen LogP contribution in [0.3, 0.4) is 0 Å². The van der Waals surface area contributed by atoms with Gasteiger partial charge in [-0.2, -0.15) is 5.10 Å². The number of aromatic nitrogens is 2. The zero-order valence-electron chi connectivity index (χ0n) is 16.8. The standard InChI is InChI=1S/C24H24N4O/c1-16(2)22-15-23(28(27-22)19-13-11-17(3)12-14-19)26-24(29)25-21-10-6-8-18-7-4-5-9-20(18)21/h4-16H,1-3H3,(H2,25,26,29). The molecule has 0 aliphatic carbocycles. The normalized spacial score (nSPS) is 11.0. The van der Waals surface area contributed by atoms with Crippen molar-refractivity contribution in [1.82, 2.24) is 9.78 Å². The third kappa shape index (κ3) is 3.99. The summed E-state index contributed by atoms with van der Waals surface area (Å²) in [5.41, 5.74) is 3.77. The molecule has 0 bridgehead atoms. The van der Waals surface area contributed by atoms with Crippen LogP contribution in [0.15, 0.2) is 72.8 Å². The average Bonchev–Trinajstić information content (AvgIpc) is 3.13. The van der Waals surface area contributed by atoms with Crippen LogP contribution < -0.4 is 10.6 Å². The molecule has 1 heterocycles. The Kier molecular flexibility index (Phi) is 5.04. The quantitative estimate of drug-likeness (QED) is 0.446. The summed E-state index contributed by atoms with van der Waals surface area (Å²) < 4.78 is 1.78. The summed E-state index contributed by atoms with van der Waals surface area (Å²) in [4.78, 5) is 12.8. The molecule has 1 aromatic heterocycles. The molecule has 0 saturated carbocycles. The lowest BCUT2D eigenvalue weighted by Crippen LogP contribution is -2.21. The van der Waals surface area contributed by atoms with Crippen LogP contribution in [0, 0.1) is 6.92 Å². The first-order chi connectivity index (χ1) is 14.0. The van der Waals surface area contributed by atoms with Gasteiger partial charge < -0.3 is 5.32 Å². The molecule has 3 aromatic carbocycles. The van der Waals surface area contributed by atoms with Crippen molar-refractivity contribution in [1.29, 1.82) is 0 Å². The van der Waals surface area contributed by atoms with E-state index in [0.29, 0.717) is 5.82 Å². The van der Waals surface area contributed by atoms with Crippen molar-refractivity contribution in [3.63, 3.8) is 0 Å². The number of amides is 2. The minimum atomic E-state index is -0.301. The van der Waals surface area contributed by atoms with Gasteiger partial charge in [-0.3, -0.25) is 5.32 Å². The number of urea groups is 1. The van der Waals surface area contributed by atoms with Gasteiger partial charge in [0.1, 0.15) is 5.82 Å². The van der Waals surface area contributed by atoms with Crippen LogP contribution in [-0.2, 0) is 0 Å². The average molecular weight is 384 g/mol. The van der Waals surface area contributed by atoms with Gasteiger partial charge in [0, 0.05) is 11.5 Å². The molecule has 5 heteroatoms. The summed E-state index contributed by atoms with van der Waals surface area (Å²) >= 11 is 0. The smallest absolute Gasteiger partial charge is 0.307 e. The fourth-order valence-corrected chi connectivity index (χ4v) is 3.26. The van der Waals surface area contributed by atoms with Crippen LogP contribution in [0.4, 0.5) is 16.3 Å². The predicted molar refractivity (Wildman–Crippen MR) is 119 cm³/mol. The number of rotatable bonds is 4. The topological polar surface area (TPSA) is 59.0 Å². The maximum Gasteiger partial charge on any atom is 0.324 e. The van der Waals surface area contributed by atoms with E-state index < -0.39 is 0 Å². The van der Waals surface area contributed by atoms with Crippen LogP contribution in [0.25, 0.3) is 16.5 Å². The van der Waals surface area contributed by atoms with Gasteiger partial charge in [0.2, 0.25) is 0 Å². The Morgan fingerprint density at radius 2 is 1.66 bits per heavy atom. The van der Waals surface area contributed by atoms with E-state index in [4.69, 9.17) is 5.10 Å². The molecule has 0 atom stereocenters. The summed E-state index contributed by atoms with van der Waals surface area (Å²) in [5, 5.41) is 12.7. The second kappa shape index (κ2) is 7.80. The van der Waals surface area contributed by atoms with E-state index in [2.05, 4.69) is 24.5 Å². The van der Waals surface area contributed by atoms with E-state index in [1.807, 2.05) is 79.7 Å². The van der Waals surface area contributed by atoms with E-state index in [1.54, 1.807) is 4.68 Å². The summed E-state index contributed by atoms with van der Waals surface area (Å²) in [6, 6.07) is 23.5. The van der Waals surface area contributed by atoms with Crippen molar-refractivity contribution < 1.29 is 4.79 Å². The summed E-state index contributed by atoms with van der Waals surface area (Å²) in [7, 11) is 0. The van der Waals surface area contributed by atoms with E-state index in [1.165, 1.54) is 5.56 Å². The van der Waals surface area contributed by atoms with Gasteiger partial charge in [0.25, 0.3) is 0 Å². The number of nitrogens with one attached hydrogen (secondary N) is 2. The molecule has 0 fully saturated rings. The SMILES string of the molecule is Cc1ccc(-n2nc(C(C)C)cc2NC(=O)Nc2cccc3ccccc23)cc1. The van der Waals surface area contributed by atoms with E-state index >= 15 is 0 Å². The number of hydrogen-bond acceptors (Lipinski definition) is 2. The van der Waals surface area contributed by atoms with Crippen molar-refractivity contribution in [2.45, 2.75) is 26.7 Å². The fraction of sp³-hybridized carbons (Fsp3) is 0.167. The molecule has 0 aliphatic heterocycles. The molecule has 29 heavy (non-hydrogen) atoms. The number of carbonyl (C=O) groups excluding carboxylic acids is 1. The second-order valence-electron chi connectivity index (χ2n) is 7.46. The summed E-state index contributed by atoms with van der Waals surface area (Å²) in [5.74, 6) is 0.888. The van der Waals surface area contributed by atoms with Crippen LogP contribution in [0.2, 0.25) is 0 Å². The molecule has 5 nitrogen and oxygen atoms in total. The lowest BCUT2D eigenvalue weighted by atomic mass is 10.1. The third-order valence-electron chi connectivity index (χ3n) is 4.88. The fourth-order valence-electron chi connectivity index (χ4n) is 3.26. The van der Waals surface area contributed by atoms with Crippen molar-refractivity contribution in [3.8, 4) is 5.69 Å². The number of hydrogen-bond donors (Lipinski definition) is 2. The number of nitrogens with zero attached hydrogens (tertiary/aromatic N) is 2. The van der Waals surface area contributed by atoms with Crippen molar-refractivity contribution >= 4 is 28.3 Å². The summed E-state index contributed by atoms with van der Waals surface area (Å²) in [6.45, 7) is 6.22. The first-order valence-electron chi connectivity index (χ1n) is 9.74. The van der Waals surface area contributed by atoms with Crippen LogP contribution in [-0.4, -0.2) is 15.8 Å². The number of aryl methyl sites for hydroxylation is 1. The Hall–Kier alpha value is -3.60. The molecule has 0 spiro atoms. The Morgan fingerprint density at radius 3 is 2.41 bits per heavy atom. The minimum absolute atomic E-state index is 0.253. The molecule has 0 aliphatic rings. The monoisotopic (exact) mass is 384 g/mol. The highest BCUT2D eigenvalue weighted by Gasteiger charge is 2.15. The molecule has 0 unspecified atom stereocenters. The molecule has 0 radical (unpaired) electrons. The van der Waals surface area contributed by atoms with E-state index in [-0.39, 0.29) is 11.9 Å². The lowest BCUT2D eigenvalue weighted by molar-refractivity contribution is 0.262. The van der Waals surface area contributed by atoms with E-state index in [9.17, 15) is 4.79 Å². The lowest BCUT2D eigenvalue weighted by Gasteiger charge is -2.12. The zero-order chi connectivity index (χ0) is 20.4. The number of carbonyl (C=O) groups is 1. The van der Waals surface area contributed by atoms with Crippen LogP contribution in [0.1, 0.15) is 31.0 Å². The summed E-state index contributed by atoms with van der Waals surface area (Å²) in [6.07, 6.45) is 0. The Morgan fingerprint density at radius 1 is 0.931 bits per heavy atom. The molecular weight excluding hydrogens is 360 g/mol. The predicted octanol–water partition coefficient (Wildman–Crippen LogP) is 6.10. The van der Waals surface area contributed by atoms with Gasteiger partial charge in [-0.25, -0.2) is 9.48 Å². The Bertz CT molecular complexity index is 1150. The van der Waals surface area contributed by atoms with Crippen LogP contribution in [0.5, 0.6) is 0 Å². The Labute approximate surface area is 170 Å². The van der Waals surface area contributed by atoms with Gasteiger partial charge >= 0.3 is 6.03 Å². The first-order valence-corrected chi connectivity index (χ1v) is 9.74. The highest BCUT2D eigenvalue weighted by Crippen LogP contribution is 2.25. The van der Waals surface area contributed by atoms with Gasteiger partial charge in [-0.1, -0.05) is 67.9 Å². The van der Waals surface area contributed by atoms with Crippen molar-refractivity contribution in [2.24, 2.45) is 0 Å². The molecule has 2 amide bonds. The number of anilines is 2. The molecule has 146 valence electrons. The van der Waals surface area contributed by atoms with Gasteiger partial charge in [0.05, 0.1) is 17.1 Å². The van der Waals surface area contributed by atoms with Gasteiger partial charge in [-0.05, 0) is 36.4 Å². The van der Waals surface area contributed by atoms with E-state index in [0.717, 1.165) is 27.8 Å². The van der Waals surface area contributed by atoms with Gasteiger partial charge in [-0.15, -0.1) is 0 Å². The minimum Gasteiger partial charge on any atom is -0.307 e. The molecule has 2 N–H and O–H groups in total.